The number of fused-ring (bicyclic) bond motifs is 1. The molecule has 0 saturated carbocycles. The Bertz CT molecular complexity index is 913. The first-order valence-corrected chi connectivity index (χ1v) is 11.8. The summed E-state index contributed by atoms with van der Waals surface area (Å²) in [6.45, 7) is 6.09. The van der Waals surface area contributed by atoms with E-state index in [-0.39, 0.29) is 22.8 Å². The van der Waals surface area contributed by atoms with Gasteiger partial charge in [-0.15, -0.1) is 41.4 Å². The minimum Gasteiger partial charge on any atom is -0.477 e. The number of carbonyl (C=O) groups excluding carboxylic acids is 3. The number of hydrogen-bond donors (Lipinski definition) is 1. The second-order valence-corrected chi connectivity index (χ2v) is 10.0. The fraction of sp³-hybridized carbons (Fsp3) is 0.368. The zero-order valence-electron chi connectivity index (χ0n) is 16.3. The molecule has 1 unspecified atom stereocenters. The van der Waals surface area contributed by atoms with E-state index in [1.54, 1.807) is 18.2 Å². The van der Waals surface area contributed by atoms with Crippen molar-refractivity contribution in [3.63, 3.8) is 0 Å². The van der Waals surface area contributed by atoms with Crippen molar-refractivity contribution >= 4 is 63.6 Å². The largest absolute Gasteiger partial charge is 0.477 e. The number of carbonyl (C=O) groups is 4. The zero-order chi connectivity index (χ0) is 22.0. The average Bonchev–Trinajstić information content (AvgIpc) is 3.21. The Hall–Kier alpha value is -2.24. The van der Waals surface area contributed by atoms with Gasteiger partial charge in [0.25, 0.3) is 5.91 Å². The van der Waals surface area contributed by atoms with E-state index in [2.05, 4.69) is 6.58 Å². The Morgan fingerprint density at radius 2 is 2.13 bits per heavy atom. The van der Waals surface area contributed by atoms with Crippen LogP contribution in [0.15, 0.2) is 41.4 Å². The summed E-state index contributed by atoms with van der Waals surface area (Å²) in [5.41, 5.74) is 0.167. The van der Waals surface area contributed by atoms with Gasteiger partial charge in [0.05, 0.1) is 9.58 Å². The number of thiophene rings is 1. The maximum absolute atomic E-state index is 13.1. The Balaban J connectivity index is 2.01. The number of hydrogen-bond acceptors (Lipinski definition) is 8. The lowest BCUT2D eigenvalue weighted by molar-refractivity contribution is -0.149. The first kappa shape index (κ1) is 22.4. The topological polar surface area (TPSA) is 104 Å². The summed E-state index contributed by atoms with van der Waals surface area (Å²) in [5, 5.41) is 11.7. The first-order valence-electron chi connectivity index (χ1n) is 8.92. The number of carboxylic acids is 1. The minimum atomic E-state index is -1.27. The number of anilines is 1. The number of rotatable bonds is 8. The molecule has 1 saturated heterocycles. The van der Waals surface area contributed by atoms with Crippen LogP contribution in [0.5, 0.6) is 0 Å². The van der Waals surface area contributed by atoms with Gasteiger partial charge in [0.2, 0.25) is 5.91 Å². The molecule has 3 rings (SSSR count). The van der Waals surface area contributed by atoms with Crippen LogP contribution < -0.4 is 4.90 Å². The molecule has 0 spiro atoms. The molecule has 0 radical (unpaired) electrons. The molecule has 160 valence electrons. The summed E-state index contributed by atoms with van der Waals surface area (Å²) in [6, 6.07) is 2.73. The summed E-state index contributed by atoms with van der Waals surface area (Å²) in [5.74, 6) is -2.04. The van der Waals surface area contributed by atoms with Gasteiger partial charge in [-0.25, -0.2) is 4.79 Å². The Labute approximate surface area is 185 Å². The number of carboxylic acid groups (broad SMARTS) is 1. The van der Waals surface area contributed by atoms with E-state index in [4.69, 9.17) is 4.74 Å². The number of aliphatic carboxylic acids is 1. The standard InChI is InChI=1S/C19H20N2O6S3/c1-4-7-29-19-12(9-27-11(3)23)14(18(25)26)21-16(24)15(17(21)30-19)20(10(2)22)13-6-5-8-28-13/h4-6,8,15,17,19H,1,7,9H2,2-3H3,(H,25,26)/t15-,17-,19?/m1/s1. The lowest BCUT2D eigenvalue weighted by Crippen LogP contribution is -2.72. The molecule has 0 aliphatic carbocycles. The minimum absolute atomic E-state index is 0.183. The first-order chi connectivity index (χ1) is 14.3. The molecule has 1 fully saturated rings. The van der Waals surface area contributed by atoms with Crippen molar-refractivity contribution in [2.45, 2.75) is 29.8 Å². The smallest absolute Gasteiger partial charge is 0.352 e. The molecule has 8 nitrogen and oxygen atoms in total. The number of amides is 2. The van der Waals surface area contributed by atoms with Gasteiger partial charge in [0.1, 0.15) is 23.7 Å². The summed E-state index contributed by atoms with van der Waals surface area (Å²) >= 11 is 4.14. The fourth-order valence-corrected chi connectivity index (χ4v) is 6.99. The third kappa shape index (κ3) is 4.14. The third-order valence-corrected chi connectivity index (χ3v) is 8.37. The van der Waals surface area contributed by atoms with E-state index < -0.39 is 29.3 Å². The van der Waals surface area contributed by atoms with Crippen LogP contribution in [0.2, 0.25) is 0 Å². The van der Waals surface area contributed by atoms with E-state index in [9.17, 15) is 24.3 Å². The maximum atomic E-state index is 13.1. The van der Waals surface area contributed by atoms with Crippen molar-refractivity contribution < 1.29 is 29.0 Å². The number of β-lactam (4-membered cyclic amide) rings is 1. The van der Waals surface area contributed by atoms with Crippen molar-refractivity contribution in [3.8, 4) is 0 Å². The van der Waals surface area contributed by atoms with E-state index in [0.717, 1.165) is 0 Å². The Morgan fingerprint density at radius 3 is 2.67 bits per heavy atom. The van der Waals surface area contributed by atoms with Crippen LogP contribution >= 0.6 is 34.9 Å². The second-order valence-electron chi connectivity index (χ2n) is 6.43. The van der Waals surface area contributed by atoms with Crippen molar-refractivity contribution in [2.75, 3.05) is 17.3 Å². The number of nitrogens with zero attached hydrogens (tertiary/aromatic N) is 2. The highest BCUT2D eigenvalue weighted by atomic mass is 32.2. The van der Waals surface area contributed by atoms with Gasteiger partial charge in [-0.05, 0) is 17.5 Å². The Kier molecular flexibility index (Phi) is 6.94. The van der Waals surface area contributed by atoms with Crippen LogP contribution in [-0.4, -0.2) is 62.1 Å². The van der Waals surface area contributed by atoms with Gasteiger partial charge >= 0.3 is 11.9 Å². The van der Waals surface area contributed by atoms with Gasteiger partial charge in [-0.1, -0.05) is 6.08 Å². The molecule has 0 aromatic carbocycles. The molecule has 30 heavy (non-hydrogen) atoms. The number of thioether (sulfide) groups is 2. The van der Waals surface area contributed by atoms with Crippen molar-refractivity contribution in [3.05, 3.63) is 41.4 Å². The predicted molar refractivity (Wildman–Crippen MR) is 117 cm³/mol. The van der Waals surface area contributed by atoms with Crippen LogP contribution in [0.25, 0.3) is 0 Å². The normalized spacial score (nSPS) is 22.8. The highest BCUT2D eigenvalue weighted by Crippen LogP contribution is 2.50. The molecule has 1 aromatic rings. The molecule has 3 heterocycles. The molecule has 3 atom stereocenters. The zero-order valence-corrected chi connectivity index (χ0v) is 18.7. The second kappa shape index (κ2) is 9.27. The highest BCUT2D eigenvalue weighted by Gasteiger charge is 2.59. The van der Waals surface area contributed by atoms with E-state index >= 15 is 0 Å². The fourth-order valence-electron chi connectivity index (χ4n) is 3.28. The van der Waals surface area contributed by atoms with Gasteiger partial charge in [0.15, 0.2) is 0 Å². The average molecular weight is 469 g/mol. The Morgan fingerprint density at radius 1 is 1.40 bits per heavy atom. The number of ether oxygens (including phenoxy) is 1. The monoisotopic (exact) mass is 468 g/mol. The van der Waals surface area contributed by atoms with Crippen LogP contribution in [0, 0.1) is 0 Å². The summed E-state index contributed by atoms with van der Waals surface area (Å²) in [6.07, 6.45) is 1.69. The van der Waals surface area contributed by atoms with E-state index in [1.165, 1.54) is 58.5 Å². The van der Waals surface area contributed by atoms with Crippen LogP contribution in [0.1, 0.15) is 13.8 Å². The van der Waals surface area contributed by atoms with Gasteiger partial charge < -0.3 is 9.84 Å². The SMILES string of the molecule is C=CCSC1S[C@@H]2[C@H](N(C(C)=O)c3cccs3)C(=O)N2C(C(=O)O)=C1COC(C)=O. The van der Waals surface area contributed by atoms with Gasteiger partial charge in [-0.3, -0.25) is 24.2 Å². The molecule has 2 aliphatic rings. The third-order valence-electron chi connectivity index (χ3n) is 4.47. The summed E-state index contributed by atoms with van der Waals surface area (Å²) in [7, 11) is 0. The van der Waals surface area contributed by atoms with Gasteiger partial charge in [0, 0.05) is 25.2 Å². The van der Waals surface area contributed by atoms with Crippen LogP contribution in [-0.2, 0) is 23.9 Å². The van der Waals surface area contributed by atoms with E-state index in [0.29, 0.717) is 16.3 Å². The lowest BCUT2D eigenvalue weighted by atomic mass is 10.0. The molecular weight excluding hydrogens is 448 g/mol. The van der Waals surface area contributed by atoms with Crippen molar-refractivity contribution in [1.82, 2.24) is 4.90 Å². The summed E-state index contributed by atoms with van der Waals surface area (Å²) < 4.78 is 4.70. The predicted octanol–water partition coefficient (Wildman–Crippen LogP) is 2.53. The summed E-state index contributed by atoms with van der Waals surface area (Å²) in [4.78, 5) is 51.4. The maximum Gasteiger partial charge on any atom is 0.352 e. The van der Waals surface area contributed by atoms with E-state index in [1.807, 2.05) is 5.38 Å². The molecular formula is C19H20N2O6S3. The van der Waals surface area contributed by atoms with Crippen LogP contribution in [0.4, 0.5) is 5.00 Å². The molecule has 0 bridgehead atoms. The molecule has 2 aliphatic heterocycles. The number of esters is 1. The molecule has 2 amide bonds. The van der Waals surface area contributed by atoms with Gasteiger partial charge in [-0.2, -0.15) is 0 Å². The lowest BCUT2D eigenvalue weighted by Gasteiger charge is -2.53. The highest BCUT2D eigenvalue weighted by molar-refractivity contribution is 8.17. The molecule has 11 heteroatoms. The quantitative estimate of drug-likeness (QED) is 0.353. The van der Waals surface area contributed by atoms with Crippen molar-refractivity contribution in [1.29, 1.82) is 0 Å². The van der Waals surface area contributed by atoms with Crippen LogP contribution in [0.3, 0.4) is 0 Å². The molecule has 1 aromatic heterocycles. The molecule has 1 N–H and O–H groups in total. The van der Waals surface area contributed by atoms with Crippen molar-refractivity contribution in [2.24, 2.45) is 0 Å².